The number of carbonyl (C=O) groups is 2. The number of amides is 2. The Morgan fingerprint density at radius 2 is 2.00 bits per heavy atom. The van der Waals surface area contributed by atoms with Crippen LogP contribution in [0.15, 0.2) is 58.1 Å². The minimum absolute atomic E-state index is 0.0272. The van der Waals surface area contributed by atoms with Gasteiger partial charge >= 0.3 is 5.69 Å². The number of methoxy groups -OCH3 is 1. The number of oxazole rings is 1. The van der Waals surface area contributed by atoms with E-state index >= 15 is 0 Å². The molecule has 0 atom stereocenters. The maximum atomic E-state index is 13.0. The number of nitrogens with one attached hydrogen (secondary N) is 3. The molecule has 0 unspecified atom stereocenters. The molecule has 0 saturated heterocycles. The van der Waals surface area contributed by atoms with Crippen LogP contribution in [0.4, 0.5) is 5.69 Å². The molecule has 3 N–H and O–H groups in total. The summed E-state index contributed by atoms with van der Waals surface area (Å²) >= 11 is 0. The average molecular weight is 504 g/mol. The van der Waals surface area contributed by atoms with Crippen molar-refractivity contribution in [2.24, 2.45) is 5.92 Å². The molecule has 2 heterocycles. The van der Waals surface area contributed by atoms with Crippen LogP contribution in [0, 0.1) is 12.8 Å². The third-order valence-electron chi connectivity index (χ3n) is 6.99. The first-order chi connectivity index (χ1) is 17.9. The third kappa shape index (κ3) is 5.00. The van der Waals surface area contributed by atoms with E-state index < -0.39 is 0 Å². The topological polar surface area (TPSA) is 131 Å². The molecule has 1 aliphatic rings. The first-order valence-corrected chi connectivity index (χ1v) is 12.3. The van der Waals surface area contributed by atoms with Crippen molar-refractivity contribution >= 4 is 28.5 Å². The predicted molar refractivity (Wildman–Crippen MR) is 138 cm³/mol. The number of ether oxygens (including phenoxy) is 1. The number of para-hydroxylation sites is 1. The molecule has 0 aliphatic heterocycles. The smallest absolute Gasteiger partial charge is 0.326 e. The molecule has 1 aliphatic carbocycles. The van der Waals surface area contributed by atoms with Gasteiger partial charge in [-0.05, 0) is 56.4 Å². The lowest BCUT2D eigenvalue weighted by Crippen LogP contribution is -2.31. The predicted octanol–water partition coefficient (Wildman–Crippen LogP) is 3.93. The highest BCUT2D eigenvalue weighted by Crippen LogP contribution is 2.34. The molecule has 2 aromatic carbocycles. The van der Waals surface area contributed by atoms with Crippen LogP contribution in [-0.2, 0) is 11.3 Å². The Bertz CT molecular complexity index is 1480. The molecule has 2 aromatic heterocycles. The van der Waals surface area contributed by atoms with Crippen LogP contribution in [-0.4, -0.2) is 33.5 Å². The number of aromatic amines is 1. The normalized spacial score (nSPS) is 17.5. The van der Waals surface area contributed by atoms with E-state index in [1.807, 2.05) is 31.2 Å². The number of H-pyrrole nitrogens is 1. The number of benzene rings is 2. The Kier molecular flexibility index (Phi) is 6.80. The highest BCUT2D eigenvalue weighted by atomic mass is 16.5. The third-order valence-corrected chi connectivity index (χ3v) is 6.99. The zero-order chi connectivity index (χ0) is 25.9. The Morgan fingerprint density at radius 3 is 2.73 bits per heavy atom. The molecule has 4 aromatic rings. The molecule has 0 bridgehead atoms. The van der Waals surface area contributed by atoms with Gasteiger partial charge in [-0.2, -0.15) is 0 Å². The standard InChI is InChI=1S/C27H29N5O5/c1-16-6-9-18(14-22(16)36-2)30-25(33)17-7-10-19(11-8-17)32-21-5-3-4-20(24(21)31-27(32)35)26(34)29-15-23-28-12-13-37-23/h3-6,9,12-14,17,19H,7-8,10-11,15H2,1-2H3,(H,29,34)(H,30,33)(H,31,35)/t17-,19+. The first-order valence-electron chi connectivity index (χ1n) is 12.3. The number of aromatic nitrogens is 3. The molecule has 2 amide bonds. The zero-order valence-electron chi connectivity index (χ0n) is 20.7. The maximum absolute atomic E-state index is 13.0. The van der Waals surface area contributed by atoms with E-state index in [2.05, 4.69) is 20.6 Å². The van der Waals surface area contributed by atoms with Gasteiger partial charge in [0.15, 0.2) is 0 Å². The fourth-order valence-corrected chi connectivity index (χ4v) is 5.03. The molecule has 37 heavy (non-hydrogen) atoms. The summed E-state index contributed by atoms with van der Waals surface area (Å²) in [4.78, 5) is 45.5. The Hall–Kier alpha value is -4.34. The van der Waals surface area contributed by atoms with E-state index in [9.17, 15) is 14.4 Å². The molecule has 192 valence electrons. The molecule has 0 spiro atoms. The summed E-state index contributed by atoms with van der Waals surface area (Å²) in [7, 11) is 1.61. The van der Waals surface area contributed by atoms with Gasteiger partial charge in [0.05, 0.1) is 36.4 Å². The summed E-state index contributed by atoms with van der Waals surface area (Å²) in [5.41, 5.74) is 2.99. The Balaban J connectivity index is 1.27. The van der Waals surface area contributed by atoms with Crippen LogP contribution in [0.3, 0.4) is 0 Å². The lowest BCUT2D eigenvalue weighted by atomic mass is 9.85. The number of hydrogen-bond donors (Lipinski definition) is 3. The van der Waals surface area contributed by atoms with Crippen molar-refractivity contribution in [1.29, 1.82) is 0 Å². The van der Waals surface area contributed by atoms with Crippen LogP contribution in [0.5, 0.6) is 5.75 Å². The summed E-state index contributed by atoms with van der Waals surface area (Å²) in [5.74, 6) is 0.631. The van der Waals surface area contributed by atoms with Crippen molar-refractivity contribution in [3.05, 3.63) is 76.4 Å². The maximum Gasteiger partial charge on any atom is 0.326 e. The SMILES string of the molecule is COc1cc(NC(=O)[C@H]2CC[C@@H](n3c(=O)[nH]c4c(C(=O)NCc5ncco5)cccc43)CC2)ccc1C. The largest absolute Gasteiger partial charge is 0.496 e. The van der Waals surface area contributed by atoms with Gasteiger partial charge in [-0.15, -0.1) is 0 Å². The van der Waals surface area contributed by atoms with E-state index in [0.29, 0.717) is 53.9 Å². The van der Waals surface area contributed by atoms with Gasteiger partial charge in [0, 0.05) is 23.7 Å². The van der Waals surface area contributed by atoms with E-state index in [1.165, 1.54) is 12.5 Å². The second-order valence-electron chi connectivity index (χ2n) is 9.29. The van der Waals surface area contributed by atoms with Crippen molar-refractivity contribution in [2.45, 2.75) is 45.2 Å². The van der Waals surface area contributed by atoms with Crippen LogP contribution < -0.4 is 21.1 Å². The van der Waals surface area contributed by atoms with Crippen LogP contribution in [0.25, 0.3) is 11.0 Å². The van der Waals surface area contributed by atoms with Crippen molar-refractivity contribution in [2.75, 3.05) is 12.4 Å². The van der Waals surface area contributed by atoms with Crippen LogP contribution in [0.2, 0.25) is 0 Å². The van der Waals surface area contributed by atoms with E-state index in [0.717, 1.165) is 11.3 Å². The van der Waals surface area contributed by atoms with Gasteiger partial charge in [0.1, 0.15) is 12.0 Å². The molecule has 1 saturated carbocycles. The van der Waals surface area contributed by atoms with Gasteiger partial charge < -0.3 is 24.8 Å². The summed E-state index contributed by atoms with van der Waals surface area (Å²) in [6, 6.07) is 10.8. The molecular weight excluding hydrogens is 474 g/mol. The van der Waals surface area contributed by atoms with Gasteiger partial charge in [0.25, 0.3) is 5.91 Å². The molecule has 1 fully saturated rings. The van der Waals surface area contributed by atoms with Gasteiger partial charge in [-0.3, -0.25) is 14.2 Å². The van der Waals surface area contributed by atoms with Crippen LogP contribution >= 0.6 is 0 Å². The number of carbonyl (C=O) groups excluding carboxylic acids is 2. The van der Waals surface area contributed by atoms with Crippen molar-refractivity contribution in [3.8, 4) is 5.75 Å². The number of imidazole rings is 1. The van der Waals surface area contributed by atoms with Crippen molar-refractivity contribution in [1.82, 2.24) is 19.9 Å². The molecule has 10 heteroatoms. The van der Waals surface area contributed by atoms with Crippen molar-refractivity contribution < 1.29 is 18.7 Å². The molecular formula is C27H29N5O5. The lowest BCUT2D eigenvalue weighted by Gasteiger charge is -2.28. The zero-order valence-corrected chi connectivity index (χ0v) is 20.7. The number of anilines is 1. The fraction of sp³-hybridized carbons (Fsp3) is 0.333. The minimum atomic E-state index is -0.328. The second-order valence-corrected chi connectivity index (χ2v) is 9.29. The summed E-state index contributed by atoms with van der Waals surface area (Å²) < 4.78 is 12.2. The van der Waals surface area contributed by atoms with E-state index in [-0.39, 0.29) is 36.0 Å². The van der Waals surface area contributed by atoms with Gasteiger partial charge in [-0.1, -0.05) is 12.1 Å². The first kappa shape index (κ1) is 24.4. The van der Waals surface area contributed by atoms with E-state index in [4.69, 9.17) is 9.15 Å². The lowest BCUT2D eigenvalue weighted by molar-refractivity contribution is -0.121. The molecule has 0 radical (unpaired) electrons. The minimum Gasteiger partial charge on any atom is -0.496 e. The monoisotopic (exact) mass is 503 g/mol. The quantitative estimate of drug-likeness (QED) is 0.350. The molecule has 5 rings (SSSR count). The second kappa shape index (κ2) is 10.3. The number of hydrogen-bond acceptors (Lipinski definition) is 6. The van der Waals surface area contributed by atoms with Gasteiger partial charge in [0.2, 0.25) is 11.8 Å². The number of aryl methyl sites for hydroxylation is 1. The highest BCUT2D eigenvalue weighted by molar-refractivity contribution is 6.04. The van der Waals surface area contributed by atoms with E-state index in [1.54, 1.807) is 23.8 Å². The van der Waals surface area contributed by atoms with Crippen molar-refractivity contribution in [3.63, 3.8) is 0 Å². The number of nitrogens with zero attached hydrogens (tertiary/aromatic N) is 2. The number of rotatable bonds is 7. The summed E-state index contributed by atoms with van der Waals surface area (Å²) in [5, 5.41) is 5.77. The summed E-state index contributed by atoms with van der Waals surface area (Å²) in [6.45, 7) is 2.10. The van der Waals surface area contributed by atoms with Crippen LogP contribution in [0.1, 0.15) is 53.5 Å². The fourth-order valence-electron chi connectivity index (χ4n) is 5.03. The Labute approximate surface area is 213 Å². The average Bonchev–Trinajstić information content (AvgIpc) is 3.55. The van der Waals surface area contributed by atoms with Gasteiger partial charge in [-0.25, -0.2) is 9.78 Å². The number of fused-ring (bicyclic) bond motifs is 1. The highest BCUT2D eigenvalue weighted by Gasteiger charge is 2.29. The summed E-state index contributed by atoms with van der Waals surface area (Å²) in [6.07, 6.45) is 5.64. The molecule has 10 nitrogen and oxygen atoms in total. The Morgan fingerprint density at radius 1 is 1.19 bits per heavy atom.